The van der Waals surface area contributed by atoms with Crippen molar-refractivity contribution < 1.29 is 4.79 Å². The van der Waals surface area contributed by atoms with Gasteiger partial charge in [0.25, 0.3) is 5.91 Å². The van der Waals surface area contributed by atoms with Crippen molar-refractivity contribution >= 4 is 5.91 Å². The highest BCUT2D eigenvalue weighted by Gasteiger charge is 2.14. The first-order chi connectivity index (χ1) is 14.2. The molecule has 0 saturated carbocycles. The van der Waals surface area contributed by atoms with E-state index in [9.17, 15) is 4.79 Å². The molecule has 0 fully saturated rings. The van der Waals surface area contributed by atoms with Crippen LogP contribution in [0.25, 0.3) is 0 Å². The second kappa shape index (κ2) is 17.5. The number of unbranched alkanes of at least 4 members (excludes halogenated alkanes) is 12. The first-order valence-corrected chi connectivity index (χ1v) is 12.6. The van der Waals surface area contributed by atoms with Gasteiger partial charge in [0, 0.05) is 18.7 Å². The third-order valence-electron chi connectivity index (χ3n) is 5.96. The van der Waals surface area contributed by atoms with E-state index in [0.717, 1.165) is 44.3 Å². The number of carbonyl (C=O) groups is 1. The number of hydrogen-bond donors (Lipinski definition) is 0. The number of rotatable bonds is 18. The zero-order chi connectivity index (χ0) is 21.2. The van der Waals surface area contributed by atoms with Gasteiger partial charge in [-0.05, 0) is 37.0 Å². The van der Waals surface area contributed by atoms with Crippen LogP contribution in [0.1, 0.15) is 127 Å². The number of nitrogens with zero attached hydrogens (tertiary/aromatic N) is 1. The summed E-state index contributed by atoms with van der Waals surface area (Å²) in [6, 6.07) is 8.19. The Kier molecular flexibility index (Phi) is 15.6. The molecule has 0 atom stereocenters. The van der Waals surface area contributed by atoms with Gasteiger partial charge in [0.2, 0.25) is 0 Å². The summed E-state index contributed by atoms with van der Waals surface area (Å²) in [6.07, 6.45) is 19.5. The number of carbonyl (C=O) groups excluding carboxylic acids is 1. The number of aryl methyl sites for hydroxylation is 1. The van der Waals surface area contributed by atoms with E-state index in [1.807, 2.05) is 12.1 Å². The van der Waals surface area contributed by atoms with Crippen LogP contribution in [0.3, 0.4) is 0 Å². The van der Waals surface area contributed by atoms with Gasteiger partial charge >= 0.3 is 0 Å². The predicted molar refractivity (Wildman–Crippen MR) is 128 cm³/mol. The molecule has 29 heavy (non-hydrogen) atoms. The van der Waals surface area contributed by atoms with Crippen LogP contribution in [-0.2, 0) is 6.42 Å². The van der Waals surface area contributed by atoms with Gasteiger partial charge in [0.1, 0.15) is 0 Å². The minimum absolute atomic E-state index is 0.212. The molecule has 0 aliphatic carbocycles. The Morgan fingerprint density at radius 1 is 0.621 bits per heavy atom. The molecule has 1 aromatic carbocycles. The summed E-state index contributed by atoms with van der Waals surface area (Å²) in [7, 11) is 0. The predicted octanol–water partition coefficient (Wildman–Crippen LogP) is 8.19. The number of benzene rings is 1. The summed E-state index contributed by atoms with van der Waals surface area (Å²) < 4.78 is 0. The maximum atomic E-state index is 12.9. The zero-order valence-corrected chi connectivity index (χ0v) is 19.7. The van der Waals surface area contributed by atoms with Crippen molar-refractivity contribution in [2.45, 2.75) is 117 Å². The summed E-state index contributed by atoms with van der Waals surface area (Å²) in [5, 5.41) is 0. The molecular weight excluding hydrogens is 354 g/mol. The van der Waals surface area contributed by atoms with Crippen LogP contribution in [0.2, 0.25) is 0 Å². The molecule has 0 aromatic heterocycles. The molecule has 0 spiro atoms. The highest BCUT2D eigenvalue weighted by atomic mass is 16.2. The van der Waals surface area contributed by atoms with Crippen molar-refractivity contribution in [3.63, 3.8) is 0 Å². The first-order valence-electron chi connectivity index (χ1n) is 12.6. The lowest BCUT2D eigenvalue weighted by Gasteiger charge is -2.23. The van der Waals surface area contributed by atoms with Gasteiger partial charge in [0.15, 0.2) is 0 Å². The molecule has 0 N–H and O–H groups in total. The zero-order valence-electron chi connectivity index (χ0n) is 19.7. The smallest absolute Gasteiger partial charge is 0.253 e. The lowest BCUT2D eigenvalue weighted by Crippen LogP contribution is -2.33. The van der Waals surface area contributed by atoms with Crippen LogP contribution < -0.4 is 0 Å². The normalized spacial score (nSPS) is 11.0. The summed E-state index contributed by atoms with van der Waals surface area (Å²) in [4.78, 5) is 15.0. The quantitative estimate of drug-likeness (QED) is 0.227. The molecule has 0 bridgehead atoms. The van der Waals surface area contributed by atoms with Crippen molar-refractivity contribution in [1.29, 1.82) is 0 Å². The lowest BCUT2D eigenvalue weighted by atomic mass is 10.0. The average Bonchev–Trinajstić information content (AvgIpc) is 2.76. The Bertz CT molecular complexity index is 508. The summed E-state index contributed by atoms with van der Waals surface area (Å²) in [5.41, 5.74) is 2.14. The number of amides is 1. The van der Waals surface area contributed by atoms with E-state index in [0.29, 0.717) is 0 Å². The van der Waals surface area contributed by atoms with Gasteiger partial charge in [0.05, 0.1) is 0 Å². The van der Waals surface area contributed by atoms with Gasteiger partial charge in [-0.15, -0.1) is 0 Å². The number of hydrogen-bond acceptors (Lipinski definition) is 1. The molecule has 0 saturated heterocycles. The Morgan fingerprint density at radius 3 is 1.55 bits per heavy atom. The average molecular weight is 402 g/mol. The Morgan fingerprint density at radius 2 is 1.07 bits per heavy atom. The topological polar surface area (TPSA) is 20.3 Å². The third kappa shape index (κ3) is 12.1. The molecule has 2 nitrogen and oxygen atoms in total. The second-order valence-corrected chi connectivity index (χ2v) is 8.59. The maximum Gasteiger partial charge on any atom is 0.253 e. The molecular formula is C27H47NO. The van der Waals surface area contributed by atoms with Gasteiger partial charge < -0.3 is 4.90 Å². The van der Waals surface area contributed by atoms with Gasteiger partial charge in [-0.3, -0.25) is 4.79 Å². The van der Waals surface area contributed by atoms with Crippen molar-refractivity contribution in [2.24, 2.45) is 0 Å². The van der Waals surface area contributed by atoms with E-state index in [-0.39, 0.29) is 5.91 Å². The monoisotopic (exact) mass is 401 g/mol. The molecule has 166 valence electrons. The molecule has 1 rings (SSSR count). The Hall–Kier alpha value is -1.31. The molecule has 0 unspecified atom stereocenters. The van der Waals surface area contributed by atoms with Crippen LogP contribution in [0, 0.1) is 0 Å². The van der Waals surface area contributed by atoms with E-state index in [4.69, 9.17) is 0 Å². The molecule has 0 aliphatic rings. The van der Waals surface area contributed by atoms with Crippen molar-refractivity contribution in [3.8, 4) is 0 Å². The van der Waals surface area contributed by atoms with Crippen molar-refractivity contribution in [3.05, 3.63) is 35.4 Å². The van der Waals surface area contributed by atoms with Crippen LogP contribution in [0.4, 0.5) is 0 Å². The molecule has 1 amide bonds. The van der Waals surface area contributed by atoms with Crippen molar-refractivity contribution in [2.75, 3.05) is 13.1 Å². The van der Waals surface area contributed by atoms with Crippen LogP contribution in [-0.4, -0.2) is 23.9 Å². The van der Waals surface area contributed by atoms with Crippen LogP contribution in [0.15, 0.2) is 24.3 Å². The minimum Gasteiger partial charge on any atom is -0.339 e. The van der Waals surface area contributed by atoms with Crippen LogP contribution in [0.5, 0.6) is 0 Å². The van der Waals surface area contributed by atoms with Gasteiger partial charge in [-0.2, -0.15) is 0 Å². The Labute approximate surface area is 181 Å². The molecule has 2 heteroatoms. The summed E-state index contributed by atoms with van der Waals surface area (Å²) >= 11 is 0. The fraction of sp³-hybridized carbons (Fsp3) is 0.741. The maximum absolute atomic E-state index is 12.9. The van der Waals surface area contributed by atoms with Gasteiger partial charge in [-0.25, -0.2) is 0 Å². The van der Waals surface area contributed by atoms with Gasteiger partial charge in [-0.1, -0.05) is 110 Å². The molecule has 0 radical (unpaired) electrons. The SMILES string of the molecule is CCCCCCCCCCCCCCN(CCCC)C(=O)c1ccc(CC)cc1. The summed E-state index contributed by atoms with van der Waals surface area (Å²) in [5.74, 6) is 0.212. The lowest BCUT2D eigenvalue weighted by molar-refractivity contribution is 0.0750. The molecule has 0 heterocycles. The van der Waals surface area contributed by atoms with E-state index in [2.05, 4.69) is 37.8 Å². The highest BCUT2D eigenvalue weighted by Crippen LogP contribution is 2.14. The fourth-order valence-corrected chi connectivity index (χ4v) is 3.87. The van der Waals surface area contributed by atoms with E-state index >= 15 is 0 Å². The van der Waals surface area contributed by atoms with E-state index in [1.165, 1.54) is 76.2 Å². The highest BCUT2D eigenvalue weighted by molar-refractivity contribution is 5.94. The van der Waals surface area contributed by atoms with Crippen LogP contribution >= 0.6 is 0 Å². The van der Waals surface area contributed by atoms with E-state index < -0.39 is 0 Å². The third-order valence-corrected chi connectivity index (χ3v) is 5.96. The Balaban J connectivity index is 2.20. The largest absolute Gasteiger partial charge is 0.339 e. The first kappa shape index (κ1) is 25.7. The fourth-order valence-electron chi connectivity index (χ4n) is 3.87. The summed E-state index contributed by atoms with van der Waals surface area (Å²) in [6.45, 7) is 8.43. The minimum atomic E-state index is 0.212. The second-order valence-electron chi connectivity index (χ2n) is 8.59. The van der Waals surface area contributed by atoms with E-state index in [1.54, 1.807) is 0 Å². The molecule has 0 aliphatic heterocycles. The standard InChI is InChI=1S/C27H47NO/c1-4-7-9-10-11-12-13-14-15-16-17-18-24-28(23-8-5-2)27(29)26-21-19-25(6-3)20-22-26/h19-22H,4-18,23-24H2,1-3H3. The molecule has 1 aromatic rings. The van der Waals surface area contributed by atoms with Crippen molar-refractivity contribution in [1.82, 2.24) is 4.90 Å².